The van der Waals surface area contributed by atoms with Crippen LogP contribution in [0.15, 0.2) is 0 Å². The van der Waals surface area contributed by atoms with E-state index in [4.69, 9.17) is 0 Å². The summed E-state index contributed by atoms with van der Waals surface area (Å²) in [5.74, 6) is 0.116. The zero-order chi connectivity index (χ0) is 10.5. The molecule has 0 aromatic rings. The van der Waals surface area contributed by atoms with Crippen LogP contribution < -0.4 is 10.6 Å². The number of nitrogens with one attached hydrogen (secondary N) is 2. The summed E-state index contributed by atoms with van der Waals surface area (Å²) in [7, 11) is 5.49. The zero-order valence-corrected chi connectivity index (χ0v) is 9.27. The number of likely N-dealkylation sites (N-methyl/N-ethyl adjacent to an activating group) is 3. The van der Waals surface area contributed by atoms with E-state index in [2.05, 4.69) is 10.6 Å². The number of nitrogens with zero attached hydrogens (tertiary/aromatic N) is 1. The van der Waals surface area contributed by atoms with Crippen molar-refractivity contribution < 1.29 is 4.79 Å². The summed E-state index contributed by atoms with van der Waals surface area (Å²) in [5.41, 5.74) is -0.470. The molecule has 4 heteroatoms. The Morgan fingerprint density at radius 2 is 1.92 bits per heavy atom. The third-order valence-corrected chi connectivity index (χ3v) is 2.20. The zero-order valence-electron chi connectivity index (χ0n) is 9.27. The lowest BCUT2D eigenvalue weighted by Gasteiger charge is -2.28. The first-order valence-corrected chi connectivity index (χ1v) is 4.54. The summed E-state index contributed by atoms with van der Waals surface area (Å²) in [5, 5.41) is 6.00. The van der Waals surface area contributed by atoms with Gasteiger partial charge in [-0.15, -0.1) is 0 Å². The van der Waals surface area contributed by atoms with Gasteiger partial charge in [0.2, 0.25) is 5.91 Å². The van der Waals surface area contributed by atoms with Crippen molar-refractivity contribution in [2.24, 2.45) is 0 Å². The second-order valence-electron chi connectivity index (χ2n) is 3.71. The van der Waals surface area contributed by atoms with Crippen LogP contribution in [0.4, 0.5) is 0 Å². The van der Waals surface area contributed by atoms with Crippen LogP contribution in [-0.4, -0.2) is 50.6 Å². The Labute approximate surface area is 80.7 Å². The SMILES string of the molecule is CNCCN(C)C(=O)C(C)(C)NC. The van der Waals surface area contributed by atoms with E-state index < -0.39 is 5.54 Å². The average Bonchev–Trinajstić information content (AvgIpc) is 2.12. The Morgan fingerprint density at radius 3 is 2.31 bits per heavy atom. The van der Waals surface area contributed by atoms with E-state index in [0.29, 0.717) is 0 Å². The number of hydrogen-bond donors (Lipinski definition) is 2. The summed E-state index contributed by atoms with van der Waals surface area (Å²) < 4.78 is 0. The first kappa shape index (κ1) is 12.4. The predicted molar refractivity (Wildman–Crippen MR) is 54.7 cm³/mol. The molecule has 13 heavy (non-hydrogen) atoms. The summed E-state index contributed by atoms with van der Waals surface area (Å²) in [4.78, 5) is 13.5. The number of rotatable bonds is 5. The number of amides is 1. The Kier molecular flexibility index (Phi) is 4.95. The maximum absolute atomic E-state index is 11.7. The predicted octanol–water partition coefficient (Wildman–Crippen LogP) is -0.338. The van der Waals surface area contributed by atoms with Gasteiger partial charge in [-0.1, -0.05) is 0 Å². The summed E-state index contributed by atoms with van der Waals surface area (Å²) in [6, 6.07) is 0. The second kappa shape index (κ2) is 5.19. The van der Waals surface area contributed by atoms with E-state index in [1.165, 1.54) is 0 Å². The number of hydrogen-bond acceptors (Lipinski definition) is 3. The minimum Gasteiger partial charge on any atom is -0.343 e. The molecule has 0 spiro atoms. The molecule has 0 unspecified atom stereocenters. The van der Waals surface area contributed by atoms with Crippen molar-refractivity contribution in [2.75, 3.05) is 34.2 Å². The molecule has 0 heterocycles. The first-order valence-electron chi connectivity index (χ1n) is 4.54. The number of carbonyl (C=O) groups is 1. The highest BCUT2D eigenvalue weighted by Gasteiger charge is 2.27. The number of carbonyl (C=O) groups excluding carboxylic acids is 1. The molecule has 0 aromatic heterocycles. The molecule has 2 N–H and O–H groups in total. The topological polar surface area (TPSA) is 44.4 Å². The van der Waals surface area contributed by atoms with Crippen molar-refractivity contribution >= 4 is 5.91 Å². The molecule has 0 aliphatic rings. The fraction of sp³-hybridized carbons (Fsp3) is 0.889. The third kappa shape index (κ3) is 3.74. The van der Waals surface area contributed by atoms with Gasteiger partial charge >= 0.3 is 0 Å². The molecule has 1 amide bonds. The highest BCUT2D eigenvalue weighted by atomic mass is 16.2. The van der Waals surface area contributed by atoms with Crippen molar-refractivity contribution in [2.45, 2.75) is 19.4 Å². The van der Waals surface area contributed by atoms with Gasteiger partial charge in [0.05, 0.1) is 5.54 Å². The standard InChI is InChI=1S/C9H21N3O/c1-9(2,11-4)8(13)12(5)7-6-10-3/h10-11H,6-7H2,1-5H3. The summed E-state index contributed by atoms with van der Waals surface area (Å²) in [6.45, 7) is 5.32. The molecule has 0 fully saturated rings. The van der Waals surface area contributed by atoms with Crippen molar-refractivity contribution in [3.8, 4) is 0 Å². The van der Waals surface area contributed by atoms with Crippen LogP contribution in [-0.2, 0) is 4.79 Å². The largest absolute Gasteiger partial charge is 0.343 e. The highest BCUT2D eigenvalue weighted by molar-refractivity contribution is 5.85. The molecule has 0 saturated carbocycles. The van der Waals surface area contributed by atoms with E-state index in [9.17, 15) is 4.79 Å². The van der Waals surface area contributed by atoms with Gasteiger partial charge in [-0.05, 0) is 27.9 Å². The first-order chi connectivity index (χ1) is 5.95. The third-order valence-electron chi connectivity index (χ3n) is 2.20. The molecule has 0 bridgehead atoms. The Balaban J connectivity index is 4.09. The van der Waals surface area contributed by atoms with Crippen LogP contribution in [0.5, 0.6) is 0 Å². The summed E-state index contributed by atoms with van der Waals surface area (Å²) >= 11 is 0. The minimum absolute atomic E-state index is 0.116. The van der Waals surface area contributed by atoms with Crippen molar-refractivity contribution in [3.05, 3.63) is 0 Å². The van der Waals surface area contributed by atoms with Crippen LogP contribution >= 0.6 is 0 Å². The molecule has 0 aromatic carbocycles. The Bertz CT molecular complexity index is 168. The van der Waals surface area contributed by atoms with Crippen LogP contribution in [0.1, 0.15) is 13.8 Å². The van der Waals surface area contributed by atoms with Gasteiger partial charge < -0.3 is 15.5 Å². The van der Waals surface area contributed by atoms with Gasteiger partial charge in [0.1, 0.15) is 0 Å². The van der Waals surface area contributed by atoms with Crippen molar-refractivity contribution in [3.63, 3.8) is 0 Å². The molecule has 78 valence electrons. The van der Waals surface area contributed by atoms with E-state index in [1.54, 1.807) is 11.9 Å². The lowest BCUT2D eigenvalue weighted by Crippen LogP contribution is -2.52. The molecule has 0 aliphatic heterocycles. The summed E-state index contributed by atoms with van der Waals surface area (Å²) in [6.07, 6.45) is 0. The lowest BCUT2D eigenvalue weighted by atomic mass is 10.0. The highest BCUT2D eigenvalue weighted by Crippen LogP contribution is 2.04. The van der Waals surface area contributed by atoms with Crippen molar-refractivity contribution in [1.29, 1.82) is 0 Å². The fourth-order valence-electron chi connectivity index (χ4n) is 0.965. The quantitative estimate of drug-likeness (QED) is 0.619. The maximum Gasteiger partial charge on any atom is 0.242 e. The van der Waals surface area contributed by atoms with Crippen LogP contribution in [0.3, 0.4) is 0 Å². The van der Waals surface area contributed by atoms with E-state index in [1.807, 2.05) is 27.9 Å². The fourth-order valence-corrected chi connectivity index (χ4v) is 0.965. The van der Waals surface area contributed by atoms with Gasteiger partial charge in [-0.3, -0.25) is 4.79 Å². The molecular formula is C9H21N3O. The maximum atomic E-state index is 11.7. The van der Waals surface area contributed by atoms with E-state index in [0.717, 1.165) is 13.1 Å². The molecular weight excluding hydrogens is 166 g/mol. The molecule has 0 aliphatic carbocycles. The molecule has 0 saturated heterocycles. The van der Waals surface area contributed by atoms with Gasteiger partial charge in [-0.2, -0.15) is 0 Å². The van der Waals surface area contributed by atoms with E-state index >= 15 is 0 Å². The molecule has 0 radical (unpaired) electrons. The second-order valence-corrected chi connectivity index (χ2v) is 3.71. The monoisotopic (exact) mass is 187 g/mol. The van der Waals surface area contributed by atoms with Gasteiger partial charge in [0, 0.05) is 20.1 Å². The molecule has 0 atom stereocenters. The smallest absolute Gasteiger partial charge is 0.242 e. The average molecular weight is 187 g/mol. The lowest BCUT2D eigenvalue weighted by molar-refractivity contribution is -0.135. The molecule has 0 rings (SSSR count). The normalized spacial score (nSPS) is 11.5. The van der Waals surface area contributed by atoms with Gasteiger partial charge in [0.25, 0.3) is 0 Å². The van der Waals surface area contributed by atoms with E-state index in [-0.39, 0.29) is 5.91 Å². The Hall–Kier alpha value is -0.610. The van der Waals surface area contributed by atoms with Crippen molar-refractivity contribution in [1.82, 2.24) is 15.5 Å². The van der Waals surface area contributed by atoms with Gasteiger partial charge in [-0.25, -0.2) is 0 Å². The Morgan fingerprint density at radius 1 is 1.38 bits per heavy atom. The minimum atomic E-state index is -0.470. The molecule has 4 nitrogen and oxygen atoms in total. The van der Waals surface area contributed by atoms with Crippen LogP contribution in [0.2, 0.25) is 0 Å². The van der Waals surface area contributed by atoms with Gasteiger partial charge in [0.15, 0.2) is 0 Å². The van der Waals surface area contributed by atoms with Crippen LogP contribution in [0.25, 0.3) is 0 Å². The van der Waals surface area contributed by atoms with Crippen LogP contribution in [0, 0.1) is 0 Å².